The van der Waals surface area contributed by atoms with E-state index in [-0.39, 0.29) is 11.8 Å². The Bertz CT molecular complexity index is 1110. The summed E-state index contributed by atoms with van der Waals surface area (Å²) < 4.78 is 0. The Morgan fingerprint density at radius 1 is 0.967 bits per heavy atom. The summed E-state index contributed by atoms with van der Waals surface area (Å²) in [7, 11) is 0. The lowest BCUT2D eigenvalue weighted by Crippen LogP contribution is -2.50. The van der Waals surface area contributed by atoms with Gasteiger partial charge in [-0.15, -0.1) is 11.8 Å². The maximum atomic E-state index is 13.9. The van der Waals surface area contributed by atoms with Gasteiger partial charge < -0.3 is 9.80 Å². The van der Waals surface area contributed by atoms with Crippen molar-refractivity contribution in [1.29, 1.82) is 0 Å². The summed E-state index contributed by atoms with van der Waals surface area (Å²) in [6.45, 7) is 3.04. The summed E-state index contributed by atoms with van der Waals surface area (Å²) in [5.41, 5.74) is 4.59. The summed E-state index contributed by atoms with van der Waals surface area (Å²) in [6, 6.07) is 25.4. The fraction of sp³-hybridized carbons (Fsp3) is 0.200. The van der Waals surface area contributed by atoms with Crippen molar-refractivity contribution < 1.29 is 9.59 Å². The van der Waals surface area contributed by atoms with Gasteiger partial charge in [0.05, 0.1) is 12.2 Å². The SMILES string of the molecule is Cc1ccc(C(=O)N2CCSC23C(=O)N(Cc2ccccc2)c2ccccc23)cc1. The van der Waals surface area contributed by atoms with Crippen molar-refractivity contribution in [2.45, 2.75) is 18.3 Å². The second-order valence-corrected chi connectivity index (χ2v) is 9.00. The maximum absolute atomic E-state index is 13.9. The van der Waals surface area contributed by atoms with Crippen molar-refractivity contribution in [3.8, 4) is 0 Å². The van der Waals surface area contributed by atoms with E-state index in [0.717, 1.165) is 28.1 Å². The highest BCUT2D eigenvalue weighted by molar-refractivity contribution is 8.01. The van der Waals surface area contributed by atoms with E-state index in [2.05, 4.69) is 0 Å². The van der Waals surface area contributed by atoms with Gasteiger partial charge in [0.15, 0.2) is 4.87 Å². The molecule has 2 aliphatic heterocycles. The number of fused-ring (bicyclic) bond motifs is 2. The van der Waals surface area contributed by atoms with Gasteiger partial charge in [0.25, 0.3) is 11.8 Å². The normalized spacial score (nSPS) is 20.1. The number of amides is 2. The summed E-state index contributed by atoms with van der Waals surface area (Å²) in [5, 5.41) is 0. The molecule has 0 N–H and O–H groups in total. The molecule has 2 heterocycles. The Hall–Kier alpha value is -3.05. The van der Waals surface area contributed by atoms with E-state index in [1.165, 1.54) is 0 Å². The molecule has 30 heavy (non-hydrogen) atoms. The molecule has 0 bridgehead atoms. The molecule has 0 saturated carbocycles. The van der Waals surface area contributed by atoms with Crippen molar-refractivity contribution in [1.82, 2.24) is 4.90 Å². The van der Waals surface area contributed by atoms with Gasteiger partial charge in [-0.1, -0.05) is 66.2 Å². The fourth-order valence-electron chi connectivity index (χ4n) is 4.34. The van der Waals surface area contributed by atoms with Gasteiger partial charge in [-0.25, -0.2) is 0 Å². The summed E-state index contributed by atoms with van der Waals surface area (Å²) in [5.74, 6) is 0.608. The second kappa shape index (κ2) is 7.33. The van der Waals surface area contributed by atoms with Gasteiger partial charge in [0.2, 0.25) is 0 Å². The third kappa shape index (κ3) is 2.84. The lowest BCUT2D eigenvalue weighted by molar-refractivity contribution is -0.123. The Labute approximate surface area is 180 Å². The predicted molar refractivity (Wildman–Crippen MR) is 120 cm³/mol. The van der Waals surface area contributed by atoms with Crippen LogP contribution in [0.1, 0.15) is 27.0 Å². The molecule has 1 unspecified atom stereocenters. The minimum Gasteiger partial charge on any atom is -0.311 e. The van der Waals surface area contributed by atoms with Gasteiger partial charge >= 0.3 is 0 Å². The van der Waals surface area contributed by atoms with Crippen molar-refractivity contribution in [3.63, 3.8) is 0 Å². The third-order valence-corrected chi connectivity index (χ3v) is 7.25. The summed E-state index contributed by atoms with van der Waals surface area (Å²) in [4.78, 5) is 30.0. The number of anilines is 1. The standard InChI is InChI=1S/C25H22N2O2S/c1-18-11-13-20(14-12-18)23(28)27-15-16-30-25(27)21-9-5-6-10-22(21)26(24(25)29)17-19-7-3-2-4-8-19/h2-14H,15-17H2,1H3. The topological polar surface area (TPSA) is 40.6 Å². The van der Waals surface area contributed by atoms with Crippen LogP contribution in [-0.2, 0) is 16.2 Å². The number of para-hydroxylation sites is 1. The number of aryl methyl sites for hydroxylation is 1. The number of nitrogens with zero attached hydrogens (tertiary/aromatic N) is 2. The molecule has 0 aromatic heterocycles. The van der Waals surface area contributed by atoms with Gasteiger partial charge in [0.1, 0.15) is 0 Å². The average Bonchev–Trinajstić information content (AvgIpc) is 3.32. The lowest BCUT2D eigenvalue weighted by Gasteiger charge is -2.33. The zero-order valence-corrected chi connectivity index (χ0v) is 17.6. The van der Waals surface area contributed by atoms with Gasteiger partial charge in [-0.05, 0) is 30.7 Å². The Morgan fingerprint density at radius 3 is 2.43 bits per heavy atom. The Balaban J connectivity index is 1.57. The van der Waals surface area contributed by atoms with Crippen LogP contribution in [0.5, 0.6) is 0 Å². The molecule has 1 atom stereocenters. The minimum atomic E-state index is -0.993. The first kappa shape index (κ1) is 18.9. The molecule has 3 aromatic carbocycles. The lowest BCUT2D eigenvalue weighted by atomic mass is 10.0. The van der Waals surface area contributed by atoms with Crippen molar-refractivity contribution in [2.75, 3.05) is 17.2 Å². The molecule has 0 radical (unpaired) electrons. The predicted octanol–water partition coefficient (Wildman–Crippen LogP) is 4.58. The molecular formula is C25H22N2O2S. The van der Waals surface area contributed by atoms with E-state index >= 15 is 0 Å². The summed E-state index contributed by atoms with van der Waals surface area (Å²) in [6.07, 6.45) is 0. The van der Waals surface area contributed by atoms with E-state index < -0.39 is 4.87 Å². The van der Waals surface area contributed by atoms with Gasteiger partial charge in [-0.2, -0.15) is 0 Å². The van der Waals surface area contributed by atoms with Crippen molar-refractivity contribution in [2.24, 2.45) is 0 Å². The van der Waals surface area contributed by atoms with Crippen molar-refractivity contribution in [3.05, 3.63) is 101 Å². The van der Waals surface area contributed by atoms with E-state index in [1.807, 2.05) is 90.7 Å². The largest absolute Gasteiger partial charge is 0.311 e. The van der Waals surface area contributed by atoms with Crippen LogP contribution < -0.4 is 4.90 Å². The van der Waals surface area contributed by atoms with E-state index in [9.17, 15) is 9.59 Å². The number of carbonyl (C=O) groups is 2. The highest BCUT2D eigenvalue weighted by atomic mass is 32.2. The number of thioether (sulfide) groups is 1. The molecule has 150 valence electrons. The molecule has 2 aliphatic rings. The number of hydrogen-bond donors (Lipinski definition) is 0. The highest BCUT2D eigenvalue weighted by Gasteiger charge is 2.59. The Kier molecular flexibility index (Phi) is 4.63. The van der Waals surface area contributed by atoms with E-state index in [4.69, 9.17) is 0 Å². The third-order valence-electron chi connectivity index (χ3n) is 5.83. The van der Waals surface area contributed by atoms with Crippen LogP contribution >= 0.6 is 11.8 Å². The van der Waals surface area contributed by atoms with Crippen LogP contribution in [0.25, 0.3) is 0 Å². The average molecular weight is 415 g/mol. The first-order valence-corrected chi connectivity index (χ1v) is 11.1. The molecule has 4 nitrogen and oxygen atoms in total. The number of benzene rings is 3. The first-order chi connectivity index (χ1) is 14.6. The van der Waals surface area contributed by atoms with Crippen molar-refractivity contribution >= 4 is 29.3 Å². The van der Waals surface area contributed by atoms with Crippen LogP contribution in [0.3, 0.4) is 0 Å². The van der Waals surface area contributed by atoms with Gasteiger partial charge in [0, 0.05) is 23.4 Å². The molecular weight excluding hydrogens is 392 g/mol. The van der Waals surface area contributed by atoms with Gasteiger partial charge in [-0.3, -0.25) is 9.59 Å². The smallest absolute Gasteiger partial charge is 0.268 e. The van der Waals surface area contributed by atoms with E-state index in [0.29, 0.717) is 18.7 Å². The monoisotopic (exact) mass is 414 g/mol. The molecule has 0 aliphatic carbocycles. The first-order valence-electron chi connectivity index (χ1n) is 10.1. The van der Waals surface area contributed by atoms with Crippen LogP contribution in [-0.4, -0.2) is 29.0 Å². The minimum absolute atomic E-state index is 0.0319. The second-order valence-electron chi connectivity index (χ2n) is 7.71. The maximum Gasteiger partial charge on any atom is 0.268 e. The Morgan fingerprint density at radius 2 is 1.67 bits per heavy atom. The van der Waals surface area contributed by atoms with E-state index in [1.54, 1.807) is 16.7 Å². The molecule has 1 spiro atoms. The summed E-state index contributed by atoms with van der Waals surface area (Å²) >= 11 is 1.57. The van der Waals surface area contributed by atoms with Crippen LogP contribution in [0.4, 0.5) is 5.69 Å². The molecule has 1 saturated heterocycles. The zero-order chi connectivity index (χ0) is 20.7. The van der Waals surface area contributed by atoms with Crippen LogP contribution in [0.2, 0.25) is 0 Å². The quantitative estimate of drug-likeness (QED) is 0.630. The zero-order valence-electron chi connectivity index (χ0n) is 16.7. The number of hydrogen-bond acceptors (Lipinski definition) is 3. The molecule has 5 rings (SSSR count). The molecule has 1 fully saturated rings. The molecule has 2 amide bonds. The fourth-order valence-corrected chi connectivity index (χ4v) is 5.80. The number of carbonyl (C=O) groups excluding carboxylic acids is 2. The highest BCUT2D eigenvalue weighted by Crippen LogP contribution is 2.54. The number of rotatable bonds is 3. The van der Waals surface area contributed by atoms with Crippen LogP contribution in [0.15, 0.2) is 78.9 Å². The molecule has 3 aromatic rings. The van der Waals surface area contributed by atoms with Crippen LogP contribution in [0, 0.1) is 6.92 Å². The molecule has 5 heteroatoms.